The molecule has 0 saturated heterocycles. The maximum absolute atomic E-state index is 10.7. The van der Waals surface area contributed by atoms with Gasteiger partial charge < -0.3 is 14.6 Å². The number of hydrogen-bond donors (Lipinski definition) is 1. The van der Waals surface area contributed by atoms with E-state index >= 15 is 0 Å². The molecule has 0 atom stereocenters. The van der Waals surface area contributed by atoms with E-state index in [4.69, 9.17) is 31.2 Å². The molecule has 0 fully saturated rings. The van der Waals surface area contributed by atoms with Crippen LogP contribution in [0.1, 0.15) is 12.0 Å². The lowest BCUT2D eigenvalue weighted by Gasteiger charge is -2.13. The van der Waals surface area contributed by atoms with E-state index in [1.54, 1.807) is 18.1 Å². The number of pyridine rings is 1. The summed E-state index contributed by atoms with van der Waals surface area (Å²) in [5.74, 6) is -0.256. The lowest BCUT2D eigenvalue weighted by molar-refractivity contribution is -0.138. The molecule has 1 N–H and O–H groups in total. The Morgan fingerprint density at radius 3 is 2.81 bits per heavy atom. The highest BCUT2D eigenvalue weighted by Gasteiger charge is 2.14. The maximum Gasteiger partial charge on any atom is 0.305 e. The zero-order valence-corrected chi connectivity index (χ0v) is 19.3. The summed E-state index contributed by atoms with van der Waals surface area (Å²) in [5.41, 5.74) is 3.87. The minimum Gasteiger partial charge on any atom is -0.496 e. The normalized spacial score (nSPS) is 11.1. The first-order valence-corrected chi connectivity index (χ1v) is 10.7. The van der Waals surface area contributed by atoms with Crippen LogP contribution in [-0.2, 0) is 16.1 Å². The van der Waals surface area contributed by atoms with Gasteiger partial charge in [0.2, 0.25) is 0 Å². The lowest BCUT2D eigenvalue weighted by Crippen LogP contribution is -2.04. The summed E-state index contributed by atoms with van der Waals surface area (Å²) in [7, 11) is 1.58. The highest BCUT2D eigenvalue weighted by Crippen LogP contribution is 2.34. The molecule has 0 aliphatic rings. The van der Waals surface area contributed by atoms with Gasteiger partial charge in [0.15, 0.2) is 0 Å². The third-order valence-electron chi connectivity index (χ3n) is 4.79. The zero-order chi connectivity index (χ0) is 22.7. The van der Waals surface area contributed by atoms with Gasteiger partial charge in [-0.05, 0) is 52.3 Å². The molecule has 2 heterocycles. The van der Waals surface area contributed by atoms with Crippen LogP contribution in [0.4, 0.5) is 0 Å². The highest BCUT2D eigenvalue weighted by molar-refractivity contribution is 9.10. The Bertz CT molecular complexity index is 1280. The molecule has 0 aliphatic heterocycles. The second-order valence-corrected chi connectivity index (χ2v) is 8.13. The third-order valence-corrected chi connectivity index (χ3v) is 5.99. The Labute approximate surface area is 196 Å². The van der Waals surface area contributed by atoms with Crippen molar-refractivity contribution in [3.63, 3.8) is 0 Å². The standard InChI is InChI=1S/C22H18BrClN4O4/c1-31-21-3-2-13(6-14(21)10-32-5-4-22(29)30)18-9-20(28-12-25-11-26-28)15-7-17(24)16(23)8-19(15)27-18/h2-3,6-9,11-12H,4-5,10H2,1H3,(H,29,30). The van der Waals surface area contributed by atoms with Crippen molar-refractivity contribution in [1.82, 2.24) is 19.7 Å². The molecule has 0 amide bonds. The highest BCUT2D eigenvalue weighted by atomic mass is 79.9. The van der Waals surface area contributed by atoms with Gasteiger partial charge in [0.25, 0.3) is 0 Å². The monoisotopic (exact) mass is 516 g/mol. The Morgan fingerprint density at radius 2 is 2.09 bits per heavy atom. The number of methoxy groups -OCH3 is 1. The SMILES string of the molecule is COc1ccc(-c2cc(-n3cncn3)c3cc(Cl)c(Br)cc3n2)cc1COCCC(=O)O. The smallest absolute Gasteiger partial charge is 0.305 e. The molecule has 4 aromatic rings. The first kappa shape index (κ1) is 22.2. The summed E-state index contributed by atoms with van der Waals surface area (Å²) in [6.07, 6.45) is 3.02. The van der Waals surface area contributed by atoms with E-state index in [-0.39, 0.29) is 19.6 Å². The van der Waals surface area contributed by atoms with Crippen molar-refractivity contribution in [2.24, 2.45) is 0 Å². The number of carbonyl (C=O) groups is 1. The molecule has 0 spiro atoms. The first-order chi connectivity index (χ1) is 15.5. The van der Waals surface area contributed by atoms with Crippen LogP contribution in [0, 0.1) is 0 Å². The Morgan fingerprint density at radius 1 is 1.25 bits per heavy atom. The number of ether oxygens (including phenoxy) is 2. The lowest BCUT2D eigenvalue weighted by atomic mass is 10.0. The van der Waals surface area contributed by atoms with Gasteiger partial charge in [0.1, 0.15) is 18.4 Å². The van der Waals surface area contributed by atoms with Crippen molar-refractivity contribution in [3.05, 3.63) is 64.1 Å². The Balaban J connectivity index is 1.78. The first-order valence-electron chi connectivity index (χ1n) is 9.58. The van der Waals surface area contributed by atoms with Crippen LogP contribution in [0.5, 0.6) is 5.75 Å². The molecule has 0 radical (unpaired) electrons. The van der Waals surface area contributed by atoms with Gasteiger partial charge in [-0.1, -0.05) is 11.6 Å². The minimum absolute atomic E-state index is 0.0626. The van der Waals surface area contributed by atoms with Crippen molar-refractivity contribution >= 4 is 44.4 Å². The van der Waals surface area contributed by atoms with Gasteiger partial charge in [0.05, 0.1) is 48.7 Å². The van der Waals surface area contributed by atoms with E-state index in [1.165, 1.54) is 6.33 Å². The summed E-state index contributed by atoms with van der Waals surface area (Å²) < 4.78 is 13.4. The predicted molar refractivity (Wildman–Crippen MR) is 123 cm³/mol. The molecule has 4 rings (SSSR count). The molecule has 0 aliphatic carbocycles. The van der Waals surface area contributed by atoms with Crippen LogP contribution in [-0.4, -0.2) is 44.5 Å². The minimum atomic E-state index is -0.905. The second kappa shape index (κ2) is 9.64. The average molecular weight is 518 g/mol. The van der Waals surface area contributed by atoms with E-state index in [0.29, 0.717) is 16.5 Å². The number of halogens is 2. The predicted octanol–water partition coefficient (Wildman–Crippen LogP) is 4.90. The number of hydrogen-bond acceptors (Lipinski definition) is 6. The van der Waals surface area contributed by atoms with Crippen molar-refractivity contribution < 1.29 is 19.4 Å². The molecule has 0 bridgehead atoms. The fourth-order valence-electron chi connectivity index (χ4n) is 3.27. The van der Waals surface area contributed by atoms with Crippen LogP contribution < -0.4 is 4.74 Å². The van der Waals surface area contributed by atoms with Crippen molar-refractivity contribution in [3.8, 4) is 22.7 Å². The van der Waals surface area contributed by atoms with Crippen LogP contribution in [0.15, 0.2) is 53.5 Å². The van der Waals surface area contributed by atoms with E-state index < -0.39 is 5.97 Å². The van der Waals surface area contributed by atoms with Crippen LogP contribution in [0.3, 0.4) is 0 Å². The molecule has 10 heteroatoms. The number of nitrogens with zero attached hydrogens (tertiary/aromatic N) is 4. The average Bonchev–Trinajstić information content (AvgIpc) is 3.31. The number of benzene rings is 2. The maximum atomic E-state index is 10.7. The van der Waals surface area contributed by atoms with E-state index in [2.05, 4.69) is 26.0 Å². The fourth-order valence-corrected chi connectivity index (χ4v) is 3.76. The summed E-state index contributed by atoms with van der Waals surface area (Å²) >= 11 is 9.79. The number of aliphatic carboxylic acids is 1. The van der Waals surface area contributed by atoms with Gasteiger partial charge >= 0.3 is 5.97 Å². The van der Waals surface area contributed by atoms with Crippen LogP contribution >= 0.6 is 27.5 Å². The van der Waals surface area contributed by atoms with Crippen molar-refractivity contribution in [1.29, 1.82) is 0 Å². The molecule has 32 heavy (non-hydrogen) atoms. The molecular formula is C22H18BrClN4O4. The summed E-state index contributed by atoms with van der Waals surface area (Å²) in [6.45, 7) is 0.330. The summed E-state index contributed by atoms with van der Waals surface area (Å²) in [4.78, 5) is 19.6. The number of fused-ring (bicyclic) bond motifs is 1. The Kier molecular flexibility index (Phi) is 6.69. The van der Waals surface area contributed by atoms with Crippen molar-refractivity contribution in [2.75, 3.05) is 13.7 Å². The molecule has 0 saturated carbocycles. The van der Waals surface area contributed by atoms with Crippen LogP contribution in [0.25, 0.3) is 27.8 Å². The van der Waals surface area contributed by atoms with E-state index in [9.17, 15) is 4.79 Å². The van der Waals surface area contributed by atoms with Gasteiger partial charge in [0, 0.05) is 21.0 Å². The fraction of sp³-hybridized carbons (Fsp3) is 0.182. The van der Waals surface area contributed by atoms with Gasteiger partial charge in [-0.15, -0.1) is 0 Å². The number of carboxylic acids is 1. The van der Waals surface area contributed by atoms with Gasteiger partial charge in [-0.3, -0.25) is 4.79 Å². The molecule has 0 unspecified atom stereocenters. The Hall–Kier alpha value is -3.01. The van der Waals surface area contributed by atoms with E-state index in [1.807, 2.05) is 36.4 Å². The molecule has 2 aromatic heterocycles. The molecule has 8 nitrogen and oxygen atoms in total. The van der Waals surface area contributed by atoms with Gasteiger partial charge in [-0.2, -0.15) is 5.10 Å². The molecule has 2 aromatic carbocycles. The summed E-state index contributed by atoms with van der Waals surface area (Å²) in [5, 5.41) is 14.5. The molecular weight excluding hydrogens is 500 g/mol. The van der Waals surface area contributed by atoms with Crippen LogP contribution in [0.2, 0.25) is 5.02 Å². The van der Waals surface area contributed by atoms with Gasteiger partial charge in [-0.25, -0.2) is 14.6 Å². The quantitative estimate of drug-likeness (QED) is 0.332. The zero-order valence-electron chi connectivity index (χ0n) is 17.0. The van der Waals surface area contributed by atoms with E-state index in [0.717, 1.165) is 32.2 Å². The number of aromatic nitrogens is 4. The molecule has 164 valence electrons. The largest absolute Gasteiger partial charge is 0.496 e. The summed E-state index contributed by atoms with van der Waals surface area (Å²) in [6, 6.07) is 11.3. The third kappa shape index (κ3) is 4.74. The number of rotatable bonds is 8. The van der Waals surface area contributed by atoms with Crippen molar-refractivity contribution in [2.45, 2.75) is 13.0 Å². The number of carboxylic acid groups (broad SMARTS) is 1. The second-order valence-electron chi connectivity index (χ2n) is 6.87. The topological polar surface area (TPSA) is 99.4 Å².